The Morgan fingerprint density at radius 2 is 1.73 bits per heavy atom. The number of carbonyl (C=O) groups excluding carboxylic acids is 1. The van der Waals surface area contributed by atoms with Gasteiger partial charge in [-0.1, -0.05) is 0 Å². The van der Waals surface area contributed by atoms with E-state index in [-0.39, 0.29) is 18.2 Å². The standard InChI is InChI=1S/C16H23ClN3O2.3CH3.Sn/c1-11-9-19(14-8-13(17)6-7-18-14)10-12(2)20(11)15(21)22-16(3,4)5;;;;/h6,8,11-12H,9-10H2,1-5H3;3*1H3;/t11-,12+;;;;. The minimum absolute atomic E-state index is 0.0379. The summed E-state index contributed by atoms with van der Waals surface area (Å²) in [6, 6.07) is 4.03. The van der Waals surface area contributed by atoms with Crippen LogP contribution in [0.3, 0.4) is 0 Å². The summed E-state index contributed by atoms with van der Waals surface area (Å²) < 4.78 is 6.76. The number of pyridine rings is 1. The van der Waals surface area contributed by atoms with E-state index in [0.29, 0.717) is 0 Å². The Kier molecular flexibility index (Phi) is 6.43. The summed E-state index contributed by atoms with van der Waals surface area (Å²) in [5.74, 6) is 0.918. The van der Waals surface area contributed by atoms with Crippen molar-refractivity contribution < 1.29 is 9.53 Å². The molecule has 1 saturated heterocycles. The van der Waals surface area contributed by atoms with Gasteiger partial charge in [-0.3, -0.25) is 0 Å². The molecule has 1 aliphatic heterocycles. The fourth-order valence-corrected chi connectivity index (χ4v) is 6.64. The molecule has 2 rings (SSSR count). The number of nitrogens with zero attached hydrogens (tertiary/aromatic N) is 3. The summed E-state index contributed by atoms with van der Waals surface area (Å²) in [5.41, 5.74) is -0.489. The Labute approximate surface area is 166 Å². The molecule has 0 aliphatic carbocycles. The summed E-state index contributed by atoms with van der Waals surface area (Å²) in [7, 11) is 0. The fraction of sp³-hybridized carbons (Fsp3) is 0.684. The van der Waals surface area contributed by atoms with Gasteiger partial charge in [0.05, 0.1) is 0 Å². The quantitative estimate of drug-likeness (QED) is 0.588. The van der Waals surface area contributed by atoms with Crippen molar-refractivity contribution in [2.24, 2.45) is 0 Å². The monoisotopic (exact) mass is 489 g/mol. The van der Waals surface area contributed by atoms with Crippen LogP contribution >= 0.6 is 11.6 Å². The second-order valence-electron chi connectivity index (χ2n) is 9.27. The van der Waals surface area contributed by atoms with Crippen LogP contribution in [0.5, 0.6) is 0 Å². The average molecular weight is 489 g/mol. The molecule has 2 heterocycles. The topological polar surface area (TPSA) is 45.7 Å². The van der Waals surface area contributed by atoms with Crippen LogP contribution < -0.4 is 8.61 Å². The van der Waals surface area contributed by atoms with Crippen molar-refractivity contribution in [2.75, 3.05) is 18.0 Å². The molecule has 7 heteroatoms. The first-order valence-corrected chi connectivity index (χ1v) is 19.6. The van der Waals surface area contributed by atoms with Crippen molar-refractivity contribution in [3.8, 4) is 0 Å². The SMILES string of the molecule is C[C@@H]1CN(c2cc(Cl)c[c]([Sn]([CH3])([CH3])[CH3])n2)C[C@H](C)N1C(=O)OC(C)(C)C. The molecular weight excluding hydrogens is 456 g/mol. The van der Waals surface area contributed by atoms with Crippen LogP contribution in [0.2, 0.25) is 19.8 Å². The number of carbonyl (C=O) groups is 1. The van der Waals surface area contributed by atoms with E-state index in [4.69, 9.17) is 21.3 Å². The van der Waals surface area contributed by atoms with Crippen LogP contribution in [0.1, 0.15) is 34.6 Å². The molecule has 1 amide bonds. The first-order chi connectivity index (χ1) is 11.8. The molecule has 0 bridgehead atoms. The van der Waals surface area contributed by atoms with Crippen LogP contribution in [-0.2, 0) is 4.74 Å². The van der Waals surface area contributed by atoms with Crippen LogP contribution in [0.15, 0.2) is 12.1 Å². The third-order valence-electron chi connectivity index (χ3n) is 4.39. The van der Waals surface area contributed by atoms with Gasteiger partial charge in [-0.15, -0.1) is 0 Å². The molecule has 1 aromatic heterocycles. The number of rotatable bonds is 2. The summed E-state index contributed by atoms with van der Waals surface area (Å²) in [4.78, 5) is 28.6. The van der Waals surface area contributed by atoms with Crippen LogP contribution in [0.4, 0.5) is 10.6 Å². The van der Waals surface area contributed by atoms with Crippen LogP contribution in [0, 0.1) is 0 Å². The molecule has 0 N–H and O–H groups in total. The summed E-state index contributed by atoms with van der Waals surface area (Å²) >= 11 is 4.06. The molecule has 0 unspecified atom stereocenters. The fourth-order valence-electron chi connectivity index (χ4n) is 3.21. The number of ether oxygens (including phenoxy) is 1. The summed E-state index contributed by atoms with van der Waals surface area (Å²) in [5, 5.41) is 0.742. The molecule has 5 nitrogen and oxygen atoms in total. The maximum absolute atomic E-state index is 12.6. The van der Waals surface area contributed by atoms with E-state index in [2.05, 4.69) is 33.6 Å². The zero-order chi connectivity index (χ0) is 19.9. The van der Waals surface area contributed by atoms with E-state index < -0.39 is 24.0 Å². The van der Waals surface area contributed by atoms with Gasteiger partial charge in [0.1, 0.15) is 0 Å². The van der Waals surface area contributed by atoms with E-state index >= 15 is 0 Å². The van der Waals surface area contributed by atoms with Gasteiger partial charge in [0, 0.05) is 0 Å². The van der Waals surface area contributed by atoms with Gasteiger partial charge in [-0.2, -0.15) is 0 Å². The molecular formula is C19H32ClN3O2Sn. The first kappa shape index (κ1) is 21.6. The molecule has 1 aliphatic rings. The van der Waals surface area contributed by atoms with Crippen LogP contribution in [-0.4, -0.2) is 65.1 Å². The van der Waals surface area contributed by atoms with Gasteiger partial charge in [0.25, 0.3) is 0 Å². The second-order valence-corrected chi connectivity index (χ2v) is 24.0. The minimum atomic E-state index is -2.32. The third-order valence-corrected chi connectivity index (χ3v) is 9.73. The van der Waals surface area contributed by atoms with Gasteiger partial charge >= 0.3 is 167 Å². The van der Waals surface area contributed by atoms with Crippen molar-refractivity contribution in [1.82, 2.24) is 9.88 Å². The van der Waals surface area contributed by atoms with Gasteiger partial charge in [0.2, 0.25) is 0 Å². The molecule has 0 saturated carbocycles. The van der Waals surface area contributed by atoms with Crippen molar-refractivity contribution >= 4 is 45.6 Å². The Morgan fingerprint density at radius 3 is 2.19 bits per heavy atom. The maximum atomic E-state index is 12.6. The zero-order valence-electron chi connectivity index (χ0n) is 17.3. The number of hydrogen-bond acceptors (Lipinski definition) is 4. The molecule has 1 fully saturated rings. The Hall–Kier alpha value is -0.691. The predicted octanol–water partition coefficient (Wildman–Crippen LogP) is 4.11. The van der Waals surface area contributed by atoms with Gasteiger partial charge in [-0.05, 0) is 0 Å². The van der Waals surface area contributed by atoms with Crippen molar-refractivity contribution in [2.45, 2.75) is 67.1 Å². The van der Waals surface area contributed by atoms with E-state index in [0.717, 1.165) is 23.9 Å². The summed E-state index contributed by atoms with van der Waals surface area (Å²) in [6.45, 7) is 11.2. The van der Waals surface area contributed by atoms with E-state index in [9.17, 15) is 4.79 Å². The van der Waals surface area contributed by atoms with Crippen LogP contribution in [0.25, 0.3) is 0 Å². The first-order valence-electron chi connectivity index (χ1n) is 9.22. The van der Waals surface area contributed by atoms with E-state index in [1.807, 2.05) is 37.8 Å². The Balaban J connectivity index is 2.22. The molecule has 2 atom stereocenters. The predicted molar refractivity (Wildman–Crippen MR) is 111 cm³/mol. The Morgan fingerprint density at radius 1 is 1.19 bits per heavy atom. The Bertz CT molecular complexity index is 658. The van der Waals surface area contributed by atoms with E-state index in [1.54, 1.807) is 0 Å². The molecule has 0 aromatic carbocycles. The normalized spacial score (nSPS) is 21.7. The molecule has 0 radical (unpaired) electrons. The molecule has 0 spiro atoms. The van der Waals surface area contributed by atoms with Crippen molar-refractivity contribution in [3.05, 3.63) is 17.2 Å². The number of hydrogen-bond donors (Lipinski definition) is 0. The van der Waals surface area contributed by atoms with E-state index in [1.165, 1.54) is 3.71 Å². The number of anilines is 1. The van der Waals surface area contributed by atoms with Gasteiger partial charge < -0.3 is 0 Å². The summed E-state index contributed by atoms with van der Waals surface area (Å²) in [6.07, 6.45) is -0.247. The number of piperazine rings is 1. The van der Waals surface area contributed by atoms with Gasteiger partial charge in [0.15, 0.2) is 0 Å². The molecule has 26 heavy (non-hydrogen) atoms. The van der Waals surface area contributed by atoms with Crippen molar-refractivity contribution in [3.63, 3.8) is 0 Å². The third kappa shape index (κ3) is 5.41. The average Bonchev–Trinajstić information content (AvgIpc) is 2.42. The molecule has 1 aromatic rings. The molecule has 146 valence electrons. The number of amides is 1. The second kappa shape index (κ2) is 7.74. The zero-order valence-corrected chi connectivity index (χ0v) is 20.9. The van der Waals surface area contributed by atoms with Crippen molar-refractivity contribution in [1.29, 1.82) is 0 Å². The number of halogens is 1. The van der Waals surface area contributed by atoms with Gasteiger partial charge in [-0.25, -0.2) is 0 Å². The number of aromatic nitrogens is 1.